The predicted octanol–water partition coefficient (Wildman–Crippen LogP) is 4.97. The average molecular weight is 409 g/mol. The van der Waals surface area contributed by atoms with E-state index < -0.39 is 17.0 Å². The van der Waals surface area contributed by atoms with Crippen molar-refractivity contribution in [2.75, 3.05) is 10.8 Å². The lowest BCUT2D eigenvalue weighted by atomic mass is 10.1. The van der Waals surface area contributed by atoms with Gasteiger partial charge in [-0.1, -0.05) is 52.5 Å². The molecular formula is C15H12Cl3NO4S. The first-order valence-electron chi connectivity index (χ1n) is 6.54. The molecule has 0 aliphatic heterocycles. The molecule has 0 radical (unpaired) electrons. The van der Waals surface area contributed by atoms with E-state index in [0.29, 0.717) is 5.69 Å². The predicted molar refractivity (Wildman–Crippen MR) is 97.4 cm³/mol. The molecule has 0 aliphatic rings. The molecule has 0 spiro atoms. The van der Waals surface area contributed by atoms with E-state index in [1.165, 1.54) is 11.0 Å². The molecule has 2 rings (SSSR count). The topological polar surface area (TPSA) is 77.8 Å². The van der Waals surface area contributed by atoms with Crippen molar-refractivity contribution in [3.05, 3.63) is 56.5 Å². The molecular weight excluding hydrogens is 397 g/mol. The summed E-state index contributed by atoms with van der Waals surface area (Å²) in [5.41, 5.74) is 1.37. The Labute approximate surface area is 156 Å². The smallest absolute Gasteiger partial charge is 0.338 e. The van der Waals surface area contributed by atoms with Gasteiger partial charge in [-0.25, -0.2) is 9.00 Å². The lowest BCUT2D eigenvalue weighted by Crippen LogP contribution is -2.22. The van der Waals surface area contributed by atoms with Gasteiger partial charge in [-0.05, 0) is 25.1 Å². The third-order valence-electron chi connectivity index (χ3n) is 3.23. The minimum absolute atomic E-state index is 0.0192. The van der Waals surface area contributed by atoms with E-state index in [1.54, 1.807) is 12.1 Å². The summed E-state index contributed by atoms with van der Waals surface area (Å²) in [6, 6.07) is 8.44. The van der Waals surface area contributed by atoms with Crippen LogP contribution in [0.15, 0.2) is 30.3 Å². The number of benzene rings is 2. The zero-order chi connectivity index (χ0) is 18.0. The van der Waals surface area contributed by atoms with Crippen molar-refractivity contribution < 1.29 is 18.7 Å². The molecule has 0 saturated heterocycles. The van der Waals surface area contributed by atoms with Gasteiger partial charge in [0.1, 0.15) is 11.4 Å². The Morgan fingerprint density at radius 3 is 2.25 bits per heavy atom. The summed E-state index contributed by atoms with van der Waals surface area (Å²) in [5, 5.41) is 8.94. The zero-order valence-electron chi connectivity index (χ0n) is 12.3. The van der Waals surface area contributed by atoms with Crippen LogP contribution < -0.4 is 4.90 Å². The second-order valence-electron chi connectivity index (χ2n) is 4.90. The Hall–Kier alpha value is -1.31. The molecule has 2 N–H and O–H groups in total. The van der Waals surface area contributed by atoms with Gasteiger partial charge in [-0.2, -0.15) is 0 Å². The molecule has 128 valence electrons. The normalized spacial score (nSPS) is 12.0. The number of halogens is 3. The van der Waals surface area contributed by atoms with Crippen LogP contribution in [0.4, 0.5) is 11.4 Å². The molecule has 0 aromatic heterocycles. The van der Waals surface area contributed by atoms with Gasteiger partial charge in [0.25, 0.3) is 0 Å². The molecule has 0 bridgehead atoms. The lowest BCUT2D eigenvalue weighted by molar-refractivity contribution is 0.0697. The van der Waals surface area contributed by atoms with E-state index in [4.69, 9.17) is 34.8 Å². The number of carboxylic acids is 1. The van der Waals surface area contributed by atoms with Crippen molar-refractivity contribution in [3.63, 3.8) is 0 Å². The summed E-state index contributed by atoms with van der Waals surface area (Å²) in [7, 11) is 0. The van der Waals surface area contributed by atoms with Crippen molar-refractivity contribution >= 4 is 63.2 Å². The van der Waals surface area contributed by atoms with Crippen LogP contribution in [-0.2, 0) is 11.1 Å². The van der Waals surface area contributed by atoms with Gasteiger partial charge < -0.3 is 14.6 Å². The second kappa shape index (κ2) is 7.72. The van der Waals surface area contributed by atoms with Crippen molar-refractivity contribution in [1.82, 2.24) is 0 Å². The first kappa shape index (κ1) is 19.0. The molecule has 0 aliphatic carbocycles. The van der Waals surface area contributed by atoms with Gasteiger partial charge in [-0.15, -0.1) is 0 Å². The second-order valence-corrected chi connectivity index (χ2v) is 6.96. The first-order chi connectivity index (χ1) is 11.2. The van der Waals surface area contributed by atoms with Gasteiger partial charge in [0.2, 0.25) is 0 Å². The van der Waals surface area contributed by atoms with Gasteiger partial charge >= 0.3 is 5.97 Å². The minimum Gasteiger partial charge on any atom is -0.478 e. The Bertz CT molecular complexity index is 811. The van der Waals surface area contributed by atoms with Crippen LogP contribution in [0.5, 0.6) is 0 Å². The van der Waals surface area contributed by atoms with E-state index in [1.807, 2.05) is 19.1 Å². The van der Waals surface area contributed by atoms with E-state index in [0.717, 1.165) is 5.56 Å². The van der Waals surface area contributed by atoms with Crippen molar-refractivity contribution in [2.24, 2.45) is 0 Å². The van der Waals surface area contributed by atoms with Gasteiger partial charge in [0.05, 0.1) is 20.8 Å². The largest absolute Gasteiger partial charge is 0.478 e. The highest BCUT2D eigenvalue weighted by Crippen LogP contribution is 2.41. The van der Waals surface area contributed by atoms with Crippen molar-refractivity contribution in [2.45, 2.75) is 6.92 Å². The Morgan fingerprint density at radius 2 is 1.75 bits per heavy atom. The van der Waals surface area contributed by atoms with Crippen LogP contribution >= 0.6 is 34.8 Å². The maximum atomic E-state index is 11.4. The van der Waals surface area contributed by atoms with E-state index in [9.17, 15) is 18.7 Å². The summed E-state index contributed by atoms with van der Waals surface area (Å²) < 4.78 is 20.7. The van der Waals surface area contributed by atoms with Gasteiger partial charge in [0, 0.05) is 5.69 Å². The SMILES string of the molecule is Cc1ccc(N(CS(=O)O)c2cc(Cl)c(Cl)c(C(=O)O)c2Cl)cc1. The quantitative estimate of drug-likeness (QED) is 0.539. The fraction of sp³-hybridized carbons (Fsp3) is 0.133. The number of carbonyl (C=O) groups is 1. The lowest BCUT2D eigenvalue weighted by Gasteiger charge is -2.25. The fourth-order valence-corrected chi connectivity index (χ4v) is 3.41. The van der Waals surface area contributed by atoms with Crippen molar-refractivity contribution in [1.29, 1.82) is 0 Å². The summed E-state index contributed by atoms with van der Waals surface area (Å²) in [6.07, 6.45) is 0. The van der Waals surface area contributed by atoms with E-state index >= 15 is 0 Å². The fourth-order valence-electron chi connectivity index (χ4n) is 2.09. The number of rotatable bonds is 5. The maximum Gasteiger partial charge on any atom is 0.338 e. The summed E-state index contributed by atoms with van der Waals surface area (Å²) in [6.45, 7) is 1.90. The zero-order valence-corrected chi connectivity index (χ0v) is 15.4. The van der Waals surface area contributed by atoms with Crippen molar-refractivity contribution in [3.8, 4) is 0 Å². The van der Waals surface area contributed by atoms with Crippen LogP contribution in [0, 0.1) is 6.92 Å². The molecule has 0 saturated carbocycles. The Balaban J connectivity index is 2.68. The van der Waals surface area contributed by atoms with Crippen LogP contribution in [0.3, 0.4) is 0 Å². The van der Waals surface area contributed by atoms with Gasteiger partial charge in [0.15, 0.2) is 11.1 Å². The monoisotopic (exact) mass is 407 g/mol. The highest BCUT2D eigenvalue weighted by molar-refractivity contribution is 7.79. The van der Waals surface area contributed by atoms with E-state index in [-0.39, 0.29) is 32.2 Å². The highest BCUT2D eigenvalue weighted by Gasteiger charge is 2.24. The number of carboxylic acid groups (broad SMARTS) is 1. The Kier molecular flexibility index (Phi) is 6.11. The van der Waals surface area contributed by atoms with Crippen LogP contribution in [0.25, 0.3) is 0 Å². The maximum absolute atomic E-state index is 11.4. The van der Waals surface area contributed by atoms with Crippen LogP contribution in [-0.4, -0.2) is 25.7 Å². The molecule has 5 nitrogen and oxygen atoms in total. The number of anilines is 2. The molecule has 0 fully saturated rings. The summed E-state index contributed by atoms with van der Waals surface area (Å²) in [4.78, 5) is 12.8. The third kappa shape index (κ3) is 4.02. The average Bonchev–Trinajstić information content (AvgIpc) is 2.49. The van der Waals surface area contributed by atoms with E-state index in [2.05, 4.69) is 0 Å². The van der Waals surface area contributed by atoms with Crippen LogP contribution in [0.1, 0.15) is 15.9 Å². The molecule has 9 heteroatoms. The molecule has 2 aromatic carbocycles. The van der Waals surface area contributed by atoms with Gasteiger partial charge in [-0.3, -0.25) is 0 Å². The molecule has 0 heterocycles. The Morgan fingerprint density at radius 1 is 1.17 bits per heavy atom. The standard InChI is InChI=1S/C15H12Cl3NO4S/c1-8-2-4-9(5-3-8)19(7-24(22)23)11-6-10(16)13(17)12(14(11)18)15(20)21/h2-6H,7H2,1H3,(H,20,21)(H,22,23). The third-order valence-corrected chi connectivity index (χ3v) is 4.88. The highest BCUT2D eigenvalue weighted by atomic mass is 35.5. The molecule has 1 unspecified atom stereocenters. The molecule has 2 aromatic rings. The number of aryl methyl sites for hydroxylation is 1. The number of hydrogen-bond acceptors (Lipinski definition) is 3. The number of hydrogen-bond donors (Lipinski definition) is 2. The van der Waals surface area contributed by atoms with Crippen LogP contribution in [0.2, 0.25) is 15.1 Å². The number of nitrogens with zero attached hydrogens (tertiary/aromatic N) is 1. The summed E-state index contributed by atoms with van der Waals surface area (Å²) >= 11 is 15.9. The molecule has 1 atom stereocenters. The minimum atomic E-state index is -2.20. The summed E-state index contributed by atoms with van der Waals surface area (Å²) in [5.74, 6) is -1.66. The first-order valence-corrected chi connectivity index (χ1v) is 8.95. The number of aromatic carboxylic acids is 1. The molecule has 0 amide bonds. The molecule has 24 heavy (non-hydrogen) atoms.